The number of hydrogen-bond donors (Lipinski definition) is 1. The van der Waals surface area contributed by atoms with Gasteiger partial charge in [-0.1, -0.05) is 11.6 Å². The third-order valence-corrected chi connectivity index (χ3v) is 4.54. The van der Waals surface area contributed by atoms with Gasteiger partial charge in [0.05, 0.1) is 5.02 Å². The summed E-state index contributed by atoms with van der Waals surface area (Å²) in [5.41, 5.74) is 0.984. The molecular weight excluding hydrogens is 279 g/mol. The lowest BCUT2D eigenvalue weighted by Gasteiger charge is -2.33. The minimum absolute atomic E-state index is 0. The van der Waals surface area contributed by atoms with Gasteiger partial charge >= 0.3 is 0 Å². The monoisotopic (exact) mass is 294 g/mol. The number of rotatable bonds is 1. The maximum atomic E-state index is 12.3. The Bertz CT molecular complexity index is 408. The molecule has 1 saturated heterocycles. The highest BCUT2D eigenvalue weighted by Crippen LogP contribution is 2.28. The van der Waals surface area contributed by atoms with E-state index in [1.807, 2.05) is 17.2 Å². The minimum atomic E-state index is 0. The van der Waals surface area contributed by atoms with Crippen molar-refractivity contribution in [3.63, 3.8) is 0 Å². The number of amides is 1. The Morgan fingerprint density at radius 2 is 2.35 bits per heavy atom. The first kappa shape index (κ1) is 14.8. The van der Waals surface area contributed by atoms with Gasteiger partial charge in [-0.05, 0) is 24.8 Å². The summed E-state index contributed by atoms with van der Waals surface area (Å²) in [4.78, 5) is 14.8. The van der Waals surface area contributed by atoms with Gasteiger partial charge in [-0.3, -0.25) is 4.79 Å². The number of carbonyl (C=O) groups excluding carboxylic acids is 1. The predicted molar refractivity (Wildman–Crippen MR) is 74.7 cm³/mol. The average Bonchev–Trinajstić information content (AvgIpc) is 2.60. The number of halogens is 2. The topological polar surface area (TPSA) is 32.3 Å². The predicted octanol–water partition coefficient (Wildman–Crippen LogP) is 2.57. The van der Waals surface area contributed by atoms with E-state index in [1.165, 1.54) is 11.3 Å². The Balaban J connectivity index is 0.00000144. The molecule has 6 heteroatoms. The fraction of sp³-hybridized carbons (Fsp3) is 0.545. The summed E-state index contributed by atoms with van der Waals surface area (Å²) < 4.78 is 0. The van der Waals surface area contributed by atoms with E-state index >= 15 is 0 Å². The van der Waals surface area contributed by atoms with Crippen LogP contribution in [-0.2, 0) is 0 Å². The Labute approximate surface area is 117 Å². The second-order valence-corrected chi connectivity index (χ2v) is 5.37. The number of hydrogen-bond acceptors (Lipinski definition) is 3. The van der Waals surface area contributed by atoms with Crippen LogP contribution in [0, 0.1) is 6.92 Å². The number of thiophene rings is 1. The molecule has 2 rings (SSSR count). The van der Waals surface area contributed by atoms with Crippen LogP contribution in [0.4, 0.5) is 0 Å². The molecule has 0 radical (unpaired) electrons. The fourth-order valence-electron chi connectivity index (χ4n) is 1.85. The van der Waals surface area contributed by atoms with E-state index in [0.717, 1.165) is 25.2 Å². The molecule has 0 unspecified atom stereocenters. The summed E-state index contributed by atoms with van der Waals surface area (Å²) >= 11 is 7.55. The first-order valence-electron chi connectivity index (χ1n) is 5.36. The molecule has 1 fully saturated rings. The van der Waals surface area contributed by atoms with Crippen molar-refractivity contribution in [2.75, 3.05) is 19.6 Å². The third-order valence-electron chi connectivity index (χ3n) is 2.86. The zero-order valence-electron chi connectivity index (χ0n) is 9.83. The first-order chi connectivity index (χ1) is 7.61. The Morgan fingerprint density at radius 3 is 2.88 bits per heavy atom. The molecule has 17 heavy (non-hydrogen) atoms. The SMILES string of the molecule is Cc1csc(C(=O)N2CCNC[C@@H]2C)c1Cl.Cl. The van der Waals surface area contributed by atoms with Gasteiger partial charge in [0.15, 0.2) is 0 Å². The fourth-order valence-corrected chi connectivity index (χ4v) is 3.08. The molecule has 2 heterocycles. The molecular formula is C11H16Cl2N2OS. The number of aryl methyl sites for hydroxylation is 1. The van der Waals surface area contributed by atoms with E-state index in [4.69, 9.17) is 11.6 Å². The van der Waals surface area contributed by atoms with Crippen LogP contribution in [0.15, 0.2) is 5.38 Å². The van der Waals surface area contributed by atoms with Gasteiger partial charge in [0.25, 0.3) is 5.91 Å². The van der Waals surface area contributed by atoms with Crippen LogP contribution >= 0.6 is 35.3 Å². The molecule has 0 aliphatic carbocycles. The number of carbonyl (C=O) groups is 1. The molecule has 1 amide bonds. The van der Waals surface area contributed by atoms with Crippen LogP contribution in [0.25, 0.3) is 0 Å². The van der Waals surface area contributed by atoms with Crippen LogP contribution in [0.5, 0.6) is 0 Å². The van der Waals surface area contributed by atoms with Gasteiger partial charge in [-0.2, -0.15) is 0 Å². The number of piperazine rings is 1. The first-order valence-corrected chi connectivity index (χ1v) is 6.62. The Morgan fingerprint density at radius 1 is 1.65 bits per heavy atom. The largest absolute Gasteiger partial charge is 0.333 e. The van der Waals surface area contributed by atoms with Crippen LogP contribution in [0.3, 0.4) is 0 Å². The summed E-state index contributed by atoms with van der Waals surface area (Å²) in [6.45, 7) is 6.45. The lowest BCUT2D eigenvalue weighted by molar-refractivity contribution is 0.0661. The van der Waals surface area contributed by atoms with E-state index in [1.54, 1.807) is 0 Å². The van der Waals surface area contributed by atoms with Crippen molar-refractivity contribution in [3.05, 3.63) is 20.8 Å². The second-order valence-electron chi connectivity index (χ2n) is 4.11. The molecule has 0 aromatic carbocycles. The van der Waals surface area contributed by atoms with Crippen molar-refractivity contribution in [1.29, 1.82) is 0 Å². The Hall–Kier alpha value is -0.290. The lowest BCUT2D eigenvalue weighted by atomic mass is 10.2. The molecule has 1 atom stereocenters. The molecule has 0 saturated carbocycles. The van der Waals surface area contributed by atoms with E-state index in [9.17, 15) is 4.79 Å². The van der Waals surface area contributed by atoms with Gasteiger partial charge in [0.2, 0.25) is 0 Å². The quantitative estimate of drug-likeness (QED) is 0.863. The van der Waals surface area contributed by atoms with Crippen molar-refractivity contribution in [1.82, 2.24) is 10.2 Å². The highest BCUT2D eigenvalue weighted by molar-refractivity contribution is 7.13. The molecule has 3 nitrogen and oxygen atoms in total. The minimum Gasteiger partial charge on any atom is -0.333 e. The molecule has 1 N–H and O–H groups in total. The number of nitrogens with one attached hydrogen (secondary N) is 1. The molecule has 0 spiro atoms. The van der Waals surface area contributed by atoms with Gasteiger partial charge in [0, 0.05) is 25.7 Å². The van der Waals surface area contributed by atoms with Crippen LogP contribution in [0.2, 0.25) is 5.02 Å². The summed E-state index contributed by atoms with van der Waals surface area (Å²) in [5, 5.41) is 5.81. The molecule has 1 aliphatic heterocycles. The average molecular weight is 295 g/mol. The maximum Gasteiger partial charge on any atom is 0.265 e. The molecule has 1 aromatic heterocycles. The van der Waals surface area contributed by atoms with Crippen molar-refractivity contribution < 1.29 is 4.79 Å². The van der Waals surface area contributed by atoms with E-state index in [-0.39, 0.29) is 24.4 Å². The van der Waals surface area contributed by atoms with Crippen molar-refractivity contribution in [2.45, 2.75) is 19.9 Å². The van der Waals surface area contributed by atoms with Crippen molar-refractivity contribution >= 4 is 41.3 Å². The third kappa shape index (κ3) is 2.94. The number of nitrogens with zero attached hydrogens (tertiary/aromatic N) is 1. The summed E-state index contributed by atoms with van der Waals surface area (Å²) in [7, 11) is 0. The van der Waals surface area contributed by atoms with Crippen LogP contribution in [-0.4, -0.2) is 36.5 Å². The zero-order valence-corrected chi connectivity index (χ0v) is 12.2. The lowest BCUT2D eigenvalue weighted by Crippen LogP contribution is -2.52. The van der Waals surface area contributed by atoms with E-state index in [0.29, 0.717) is 9.90 Å². The van der Waals surface area contributed by atoms with E-state index < -0.39 is 0 Å². The van der Waals surface area contributed by atoms with Crippen molar-refractivity contribution in [2.24, 2.45) is 0 Å². The van der Waals surface area contributed by atoms with Crippen LogP contribution in [0.1, 0.15) is 22.2 Å². The van der Waals surface area contributed by atoms with E-state index in [2.05, 4.69) is 12.2 Å². The second kappa shape index (κ2) is 6.05. The molecule has 1 aromatic rings. The van der Waals surface area contributed by atoms with Gasteiger partial charge in [0.1, 0.15) is 4.88 Å². The summed E-state index contributed by atoms with van der Waals surface area (Å²) in [6, 6.07) is 0.236. The van der Waals surface area contributed by atoms with Gasteiger partial charge in [-0.25, -0.2) is 0 Å². The maximum absolute atomic E-state index is 12.3. The molecule has 96 valence electrons. The molecule has 1 aliphatic rings. The highest BCUT2D eigenvalue weighted by Gasteiger charge is 2.26. The van der Waals surface area contributed by atoms with Crippen LogP contribution < -0.4 is 5.32 Å². The zero-order chi connectivity index (χ0) is 11.7. The Kier molecular flexibility index (Phi) is 5.25. The van der Waals surface area contributed by atoms with Gasteiger partial charge in [-0.15, -0.1) is 23.7 Å². The smallest absolute Gasteiger partial charge is 0.265 e. The normalized spacial score (nSPS) is 19.9. The standard InChI is InChI=1S/C11H15ClN2OS.ClH/c1-7-6-16-10(9(7)12)11(15)14-4-3-13-5-8(14)2;/h6,8,13H,3-5H2,1-2H3;1H/t8-;/m0./s1. The van der Waals surface area contributed by atoms with Gasteiger partial charge < -0.3 is 10.2 Å². The highest BCUT2D eigenvalue weighted by atomic mass is 35.5. The summed E-state index contributed by atoms with van der Waals surface area (Å²) in [6.07, 6.45) is 0. The van der Waals surface area contributed by atoms with Crippen molar-refractivity contribution in [3.8, 4) is 0 Å². The molecule has 0 bridgehead atoms. The summed E-state index contributed by atoms with van der Waals surface area (Å²) in [5.74, 6) is 0.0668.